The Morgan fingerprint density at radius 1 is 0.423 bits per heavy atom. The topological polar surface area (TPSA) is 188 Å². The van der Waals surface area contributed by atoms with Crippen LogP contribution in [0.25, 0.3) is 0 Å². The molecule has 3 aliphatic carbocycles. The summed E-state index contributed by atoms with van der Waals surface area (Å²) in [5.74, 6) is 9.80. The second-order valence-corrected chi connectivity index (χ2v) is 34.4. The number of unbranched alkanes of at least 4 members (excludes halogenated alkanes) is 2. The number of rotatable bonds is 38. The minimum Gasteiger partial charge on any atom is -0.303 e. The minimum atomic E-state index is 0.305. The highest BCUT2D eigenvalue weighted by Crippen LogP contribution is 2.30. The fourth-order valence-electron chi connectivity index (χ4n) is 12.2. The maximum atomic E-state index is 11.4. The summed E-state index contributed by atoms with van der Waals surface area (Å²) in [6.07, 6.45) is 46.8. The fourth-order valence-corrected chi connectivity index (χ4v) is 12.2. The van der Waals surface area contributed by atoms with Crippen molar-refractivity contribution in [3.05, 3.63) is 107 Å². The highest BCUT2D eigenvalue weighted by Gasteiger charge is 2.28. The average Bonchev–Trinajstić information content (AvgIpc) is 1.24. The van der Waals surface area contributed by atoms with E-state index in [1.165, 1.54) is 79.2 Å². The van der Waals surface area contributed by atoms with E-state index in [1.807, 2.05) is 48.5 Å². The third-order valence-corrected chi connectivity index (χ3v) is 20.1. The number of carbonyl (C=O) groups excluding carboxylic acids is 11. The molecule has 11 heteroatoms. The Balaban J connectivity index is -0.000000275. The molecule has 111 heavy (non-hydrogen) atoms. The Labute approximate surface area is 683 Å². The van der Waals surface area contributed by atoms with E-state index in [9.17, 15) is 52.7 Å². The van der Waals surface area contributed by atoms with Crippen molar-refractivity contribution in [2.45, 2.75) is 384 Å². The molecular weight excluding hydrogens is 1380 g/mol. The summed E-state index contributed by atoms with van der Waals surface area (Å²) in [6, 6.07) is 20.3. The van der Waals surface area contributed by atoms with Crippen LogP contribution in [0.15, 0.2) is 95.6 Å². The first-order chi connectivity index (χ1) is 52.5. The van der Waals surface area contributed by atoms with Crippen LogP contribution in [0.5, 0.6) is 0 Å². The first-order valence-electron chi connectivity index (χ1n) is 43.6. The van der Waals surface area contributed by atoms with Gasteiger partial charge in [0.25, 0.3) is 0 Å². The molecule has 0 aromatic heterocycles. The molecule has 3 aliphatic rings. The number of allylic oxidation sites excluding steroid dienone is 6. The van der Waals surface area contributed by atoms with Crippen LogP contribution in [-0.2, 0) is 59.2 Å². The Morgan fingerprint density at radius 2 is 0.856 bits per heavy atom. The number of ketones is 4. The van der Waals surface area contributed by atoms with Gasteiger partial charge >= 0.3 is 0 Å². The van der Waals surface area contributed by atoms with Gasteiger partial charge in [0.1, 0.15) is 67.1 Å². The molecule has 638 valence electrons. The molecule has 0 bridgehead atoms. The summed E-state index contributed by atoms with van der Waals surface area (Å²) < 4.78 is 0. The predicted octanol–water partition coefficient (Wildman–Crippen LogP) is 27.3. The van der Waals surface area contributed by atoms with Crippen molar-refractivity contribution >= 4 is 67.1 Å². The average molecular weight is 1550 g/mol. The van der Waals surface area contributed by atoms with E-state index >= 15 is 0 Å². The van der Waals surface area contributed by atoms with Gasteiger partial charge in [-0.15, -0.1) is 0 Å². The zero-order valence-corrected chi connectivity index (χ0v) is 76.0. The molecule has 10 unspecified atom stereocenters. The molecule has 11 nitrogen and oxygen atoms in total. The van der Waals surface area contributed by atoms with E-state index < -0.39 is 0 Å². The Bertz CT molecular complexity index is 2640. The van der Waals surface area contributed by atoms with Crippen LogP contribution in [0.2, 0.25) is 0 Å². The third kappa shape index (κ3) is 87.8. The molecular formula is C100H172O11. The van der Waals surface area contributed by atoms with Gasteiger partial charge in [0, 0.05) is 89.4 Å². The lowest BCUT2D eigenvalue weighted by Gasteiger charge is -2.27. The highest BCUT2D eigenvalue weighted by molar-refractivity contribution is 5.82. The number of hydrogen-bond donors (Lipinski definition) is 0. The van der Waals surface area contributed by atoms with Crippen LogP contribution < -0.4 is 0 Å². The lowest BCUT2D eigenvalue weighted by atomic mass is 9.77. The van der Waals surface area contributed by atoms with Crippen molar-refractivity contribution in [1.29, 1.82) is 0 Å². The second kappa shape index (κ2) is 82.0. The van der Waals surface area contributed by atoms with Crippen LogP contribution in [-0.4, -0.2) is 67.1 Å². The van der Waals surface area contributed by atoms with Crippen LogP contribution in [0.1, 0.15) is 389 Å². The molecule has 0 amide bonds. The Hall–Kier alpha value is -5.97. The Kier molecular flexibility index (Phi) is 85.6. The van der Waals surface area contributed by atoms with Crippen molar-refractivity contribution in [2.24, 2.45) is 76.9 Å². The Morgan fingerprint density at radius 3 is 1.22 bits per heavy atom. The maximum absolute atomic E-state index is 11.4. The van der Waals surface area contributed by atoms with Crippen molar-refractivity contribution in [2.75, 3.05) is 0 Å². The van der Waals surface area contributed by atoms with Crippen molar-refractivity contribution in [3.8, 4) is 0 Å². The van der Waals surface area contributed by atoms with Gasteiger partial charge < -0.3 is 38.4 Å². The smallest absolute Gasteiger partial charge is 0.136 e. The lowest BCUT2D eigenvalue weighted by Crippen LogP contribution is -2.27. The zero-order chi connectivity index (χ0) is 85.8. The number of aldehydes is 7. The predicted molar refractivity (Wildman–Crippen MR) is 475 cm³/mol. The summed E-state index contributed by atoms with van der Waals surface area (Å²) in [5, 5.41) is 0. The van der Waals surface area contributed by atoms with Gasteiger partial charge in [0.15, 0.2) is 0 Å². The van der Waals surface area contributed by atoms with Crippen LogP contribution in [0.4, 0.5) is 0 Å². The maximum Gasteiger partial charge on any atom is 0.136 e. The standard InChI is InChI=1S/C15H26O.C10H18O.2C10H12O.C10H20O.C10H18O.C8H14O.C8H16O.C7H14O.C6H10O.C6H12O/c1-13(2)7-5-8-14(3)9-6-10-15(4)11-12-16;1-7(2)9-5-4-8(3)6-10(9)11;1-9(7-8-11)10-5-3-2-4-6-10;11-9-5-4-8-10-6-2-1-3-7-10;2*1-9(2)5-4-6-10(3)7-8-11;1-6-3-7(2)5-8(9)4-6;1-3-4-5-8(2)6-7-9;1-4-6(2)5-7(3)8;1-5-2-3-6(7)4-5;1-3-6(2)4-5-7/h7,9,12,15H,5-6,8,10-11H2,1-4H3;7-9H,4-6H2,1-3H3;2-6,8-9H,7H2,1H3;1-3,6-7,9H,4-5,8H2;8-10H,4-7H2,1-3H3;5,8,10H,4,6-7H2,1-3H3;6-7H,3-5H2,1-2H3;7-8H,3-6H2,1-2H3;6H,4-5H2,1-3H3;5H,2-4H2,1H3;5-6H,3-4H2,1-2H3/b14-9+;;;;;;;;;;/t;;;;;;6-,7-;;;;/m......0..../s1. The van der Waals surface area contributed by atoms with Crippen molar-refractivity contribution < 1.29 is 52.7 Å². The first kappa shape index (κ1) is 116. The summed E-state index contributed by atoms with van der Waals surface area (Å²) in [4.78, 5) is 114. The minimum absolute atomic E-state index is 0.305. The zero-order valence-electron chi connectivity index (χ0n) is 76.0. The van der Waals surface area contributed by atoms with Gasteiger partial charge in [-0.2, -0.15) is 0 Å². The molecule has 2 aromatic rings. The number of hydrogen-bond acceptors (Lipinski definition) is 11. The van der Waals surface area contributed by atoms with Crippen LogP contribution in [0, 0.1) is 76.9 Å². The highest BCUT2D eigenvalue weighted by atomic mass is 16.2. The third-order valence-electron chi connectivity index (χ3n) is 20.1. The first-order valence-corrected chi connectivity index (χ1v) is 43.6. The van der Waals surface area contributed by atoms with Gasteiger partial charge in [-0.3, -0.25) is 14.4 Å². The number of carbonyl (C=O) groups is 11. The summed E-state index contributed by atoms with van der Waals surface area (Å²) >= 11 is 0. The van der Waals surface area contributed by atoms with E-state index in [0.29, 0.717) is 126 Å². The van der Waals surface area contributed by atoms with E-state index in [4.69, 9.17) is 0 Å². The van der Waals surface area contributed by atoms with E-state index in [-0.39, 0.29) is 0 Å². The SMILES string of the molecule is CC(C)=CCC/C(C)=C/CCC(C)CC=O.CC(C)=CCCC(C)CC=O.CC(C)CCCC(C)CC=O.CC(CC=O)c1ccccc1.CC1CCC(=O)C1.CC1CCC(C(C)C)C(=O)C1.CCC(C)CC(C)=O.CCC(C)CC=O.CCCCC(C)CC=O.C[C@@H]1CC(=O)C[C@@H](C)C1.O=CCCCc1ccccc1. The molecule has 0 N–H and O–H groups in total. The molecule has 0 radical (unpaired) electrons. The van der Waals surface area contributed by atoms with Crippen molar-refractivity contribution in [1.82, 2.24) is 0 Å². The van der Waals surface area contributed by atoms with E-state index in [0.717, 1.165) is 185 Å². The largest absolute Gasteiger partial charge is 0.303 e. The normalized spacial score (nSPS) is 17.8. The van der Waals surface area contributed by atoms with Gasteiger partial charge in [0.05, 0.1) is 0 Å². The molecule has 3 fully saturated rings. The molecule has 5 rings (SSSR count). The summed E-state index contributed by atoms with van der Waals surface area (Å²) in [5.41, 5.74) is 6.78. The molecule has 2 aromatic carbocycles. The lowest BCUT2D eigenvalue weighted by molar-refractivity contribution is -0.127. The van der Waals surface area contributed by atoms with Gasteiger partial charge in [0.2, 0.25) is 0 Å². The van der Waals surface area contributed by atoms with Gasteiger partial charge in [-0.25, -0.2) is 0 Å². The van der Waals surface area contributed by atoms with Crippen molar-refractivity contribution in [3.63, 3.8) is 0 Å². The number of Topliss-reactive ketones (excluding diaryl/α,β-unsaturated/α-hetero) is 4. The number of aryl methyl sites for hydroxylation is 1. The summed E-state index contributed by atoms with van der Waals surface area (Å²) in [7, 11) is 0. The van der Waals surface area contributed by atoms with E-state index in [2.05, 4.69) is 190 Å². The van der Waals surface area contributed by atoms with Gasteiger partial charge in [-0.05, 0) is 207 Å². The molecule has 0 heterocycles. The fraction of sp³-hybridized carbons (Fsp3) is 0.710. The van der Waals surface area contributed by atoms with Crippen LogP contribution >= 0.6 is 0 Å². The quantitative estimate of drug-likeness (QED) is 0.0353. The monoisotopic (exact) mass is 1550 g/mol. The molecule has 12 atom stereocenters. The van der Waals surface area contributed by atoms with Gasteiger partial charge in [-0.1, -0.05) is 272 Å². The van der Waals surface area contributed by atoms with E-state index in [1.54, 1.807) is 6.92 Å². The molecule has 3 saturated carbocycles. The summed E-state index contributed by atoms with van der Waals surface area (Å²) in [6.45, 7) is 50.9. The molecule has 0 aliphatic heterocycles. The van der Waals surface area contributed by atoms with Crippen LogP contribution in [0.3, 0.4) is 0 Å². The molecule has 0 saturated heterocycles. The molecule has 0 spiro atoms. The second-order valence-electron chi connectivity index (χ2n) is 34.4. The number of benzene rings is 2.